The lowest BCUT2D eigenvalue weighted by Crippen LogP contribution is -2.20. The van der Waals surface area contributed by atoms with Crippen molar-refractivity contribution >= 4 is 40.9 Å². The largest absolute Gasteiger partial charge is 0.452 e. The highest BCUT2D eigenvalue weighted by Gasteiger charge is 2.11. The molecule has 0 atom stereocenters. The van der Waals surface area contributed by atoms with E-state index in [2.05, 4.69) is 5.32 Å². The molecule has 7 nitrogen and oxygen atoms in total. The number of halogens is 2. The molecule has 2 aromatic carbocycles. The molecule has 0 spiro atoms. The van der Waals surface area contributed by atoms with Crippen LogP contribution in [0.15, 0.2) is 48.5 Å². The summed E-state index contributed by atoms with van der Waals surface area (Å²) in [4.78, 5) is 33.6. The molecule has 1 amide bonds. The summed E-state index contributed by atoms with van der Waals surface area (Å²) in [6, 6.07) is 9.44. The smallest absolute Gasteiger partial charge is 0.331 e. The quantitative estimate of drug-likeness (QED) is 0.358. The fourth-order valence-electron chi connectivity index (χ4n) is 1.91. The van der Waals surface area contributed by atoms with Crippen LogP contribution in [-0.2, 0) is 14.3 Å². The van der Waals surface area contributed by atoms with E-state index in [9.17, 15) is 24.1 Å². The number of anilines is 1. The van der Waals surface area contributed by atoms with E-state index in [1.165, 1.54) is 36.4 Å². The summed E-state index contributed by atoms with van der Waals surface area (Å²) in [5, 5.41) is 13.1. The zero-order valence-corrected chi connectivity index (χ0v) is 13.9. The van der Waals surface area contributed by atoms with Crippen LogP contribution in [0.1, 0.15) is 5.56 Å². The van der Waals surface area contributed by atoms with Gasteiger partial charge < -0.3 is 10.1 Å². The molecule has 0 aliphatic carbocycles. The van der Waals surface area contributed by atoms with Crippen molar-refractivity contribution in [3.05, 3.63) is 75.1 Å². The Morgan fingerprint density at radius 2 is 2.00 bits per heavy atom. The molecular weight excluding hydrogens is 367 g/mol. The van der Waals surface area contributed by atoms with Crippen LogP contribution in [0, 0.1) is 15.9 Å². The van der Waals surface area contributed by atoms with E-state index in [1.807, 2.05) is 0 Å². The van der Waals surface area contributed by atoms with Crippen molar-refractivity contribution < 1.29 is 23.6 Å². The topological polar surface area (TPSA) is 98.5 Å². The first kappa shape index (κ1) is 19.1. The average molecular weight is 379 g/mol. The van der Waals surface area contributed by atoms with Crippen LogP contribution in [-0.4, -0.2) is 23.4 Å². The van der Waals surface area contributed by atoms with Crippen molar-refractivity contribution in [3.63, 3.8) is 0 Å². The molecule has 0 unspecified atom stereocenters. The van der Waals surface area contributed by atoms with Gasteiger partial charge in [-0.15, -0.1) is 0 Å². The summed E-state index contributed by atoms with van der Waals surface area (Å²) in [6.45, 7) is -0.588. The Bertz CT molecular complexity index is 885. The molecule has 1 N–H and O–H groups in total. The molecule has 0 saturated carbocycles. The molecule has 0 aliphatic rings. The summed E-state index contributed by atoms with van der Waals surface area (Å²) in [5.41, 5.74) is 0.301. The Hall–Kier alpha value is -3.26. The first-order valence-electron chi connectivity index (χ1n) is 7.20. The number of amides is 1. The van der Waals surface area contributed by atoms with Gasteiger partial charge >= 0.3 is 5.97 Å². The van der Waals surface area contributed by atoms with Crippen molar-refractivity contribution in [2.24, 2.45) is 0 Å². The average Bonchev–Trinajstić information content (AvgIpc) is 2.61. The number of nitro benzene ring substituents is 1. The summed E-state index contributed by atoms with van der Waals surface area (Å²) >= 11 is 5.59. The van der Waals surface area contributed by atoms with E-state index >= 15 is 0 Å². The Morgan fingerprint density at radius 3 is 2.69 bits per heavy atom. The second-order valence-corrected chi connectivity index (χ2v) is 5.34. The summed E-state index contributed by atoms with van der Waals surface area (Å²) in [6.07, 6.45) is 2.20. The third kappa shape index (κ3) is 5.38. The fraction of sp³-hybridized carbons (Fsp3) is 0.0588. The first-order valence-corrected chi connectivity index (χ1v) is 7.58. The van der Waals surface area contributed by atoms with E-state index in [0.29, 0.717) is 0 Å². The maximum atomic E-state index is 13.0. The van der Waals surface area contributed by atoms with Gasteiger partial charge in [-0.3, -0.25) is 14.9 Å². The molecule has 0 saturated heterocycles. The number of nitrogens with one attached hydrogen (secondary N) is 1. The van der Waals surface area contributed by atoms with Gasteiger partial charge in [0.2, 0.25) is 0 Å². The normalized spacial score (nSPS) is 10.5. The monoisotopic (exact) mass is 378 g/mol. The third-order valence-corrected chi connectivity index (χ3v) is 3.37. The first-order chi connectivity index (χ1) is 12.4. The van der Waals surface area contributed by atoms with Crippen LogP contribution < -0.4 is 5.32 Å². The maximum absolute atomic E-state index is 13.0. The van der Waals surface area contributed by atoms with Gasteiger partial charge in [0, 0.05) is 17.8 Å². The highest BCUT2D eigenvalue weighted by molar-refractivity contribution is 6.31. The standard InChI is InChI=1S/C17H12ClFN2O5/c18-13-9-12(6-7-14(13)19)20-16(22)10-26-17(23)8-5-11-3-1-2-4-15(11)21(24)25/h1-9H,10H2,(H,20,22)/b8-5+. The van der Waals surface area contributed by atoms with Gasteiger partial charge in [-0.2, -0.15) is 0 Å². The molecule has 134 valence electrons. The van der Waals surface area contributed by atoms with Gasteiger partial charge in [0.1, 0.15) is 5.82 Å². The summed E-state index contributed by atoms with van der Waals surface area (Å²) < 4.78 is 17.8. The highest BCUT2D eigenvalue weighted by Crippen LogP contribution is 2.20. The number of carbonyl (C=O) groups excluding carboxylic acids is 2. The lowest BCUT2D eigenvalue weighted by Gasteiger charge is -2.06. The number of para-hydroxylation sites is 1. The van der Waals surface area contributed by atoms with E-state index in [0.717, 1.165) is 12.1 Å². The van der Waals surface area contributed by atoms with E-state index < -0.39 is 29.2 Å². The summed E-state index contributed by atoms with van der Waals surface area (Å²) in [5.74, 6) is -2.13. The van der Waals surface area contributed by atoms with Gasteiger partial charge in [-0.25, -0.2) is 9.18 Å². The molecule has 2 rings (SSSR count). The van der Waals surface area contributed by atoms with Crippen LogP contribution >= 0.6 is 11.6 Å². The second-order valence-electron chi connectivity index (χ2n) is 4.93. The Balaban J connectivity index is 1.89. The molecule has 0 heterocycles. The maximum Gasteiger partial charge on any atom is 0.331 e. The number of benzene rings is 2. The van der Waals surface area contributed by atoms with Crippen LogP contribution in [0.25, 0.3) is 6.08 Å². The number of hydrogen-bond acceptors (Lipinski definition) is 5. The van der Waals surface area contributed by atoms with Crippen molar-refractivity contribution in [3.8, 4) is 0 Å². The zero-order chi connectivity index (χ0) is 19.1. The molecule has 26 heavy (non-hydrogen) atoms. The van der Waals surface area contributed by atoms with Crippen LogP contribution in [0.3, 0.4) is 0 Å². The van der Waals surface area contributed by atoms with Crippen LogP contribution in [0.5, 0.6) is 0 Å². The molecule has 0 fully saturated rings. The van der Waals surface area contributed by atoms with Crippen LogP contribution in [0.4, 0.5) is 15.8 Å². The van der Waals surface area contributed by atoms with Gasteiger partial charge in [-0.05, 0) is 30.3 Å². The number of esters is 1. The number of hydrogen-bond donors (Lipinski definition) is 1. The van der Waals surface area contributed by atoms with Gasteiger partial charge in [-0.1, -0.05) is 23.7 Å². The summed E-state index contributed by atoms with van der Waals surface area (Å²) in [7, 11) is 0. The minimum atomic E-state index is -0.851. The van der Waals surface area contributed by atoms with Crippen molar-refractivity contribution in [1.82, 2.24) is 0 Å². The number of carbonyl (C=O) groups is 2. The molecular formula is C17H12ClFN2O5. The van der Waals surface area contributed by atoms with Crippen molar-refractivity contribution in [2.45, 2.75) is 0 Å². The molecule has 0 radical (unpaired) electrons. The number of rotatable bonds is 6. The molecule has 0 bridgehead atoms. The molecule has 9 heteroatoms. The number of nitrogens with zero attached hydrogens (tertiary/aromatic N) is 1. The molecule has 2 aromatic rings. The van der Waals surface area contributed by atoms with Gasteiger partial charge in [0.25, 0.3) is 11.6 Å². The van der Waals surface area contributed by atoms with Gasteiger partial charge in [0.05, 0.1) is 15.5 Å². The molecule has 0 aromatic heterocycles. The van der Waals surface area contributed by atoms with E-state index in [1.54, 1.807) is 6.07 Å². The second kappa shape index (κ2) is 8.72. The Morgan fingerprint density at radius 1 is 1.27 bits per heavy atom. The van der Waals surface area contributed by atoms with Crippen molar-refractivity contribution in [1.29, 1.82) is 0 Å². The van der Waals surface area contributed by atoms with E-state index in [-0.39, 0.29) is 22.0 Å². The lowest BCUT2D eigenvalue weighted by molar-refractivity contribution is -0.385. The third-order valence-electron chi connectivity index (χ3n) is 3.08. The minimum Gasteiger partial charge on any atom is -0.452 e. The van der Waals surface area contributed by atoms with Crippen molar-refractivity contribution in [2.75, 3.05) is 11.9 Å². The number of ether oxygens (including phenoxy) is 1. The van der Waals surface area contributed by atoms with Gasteiger partial charge in [0.15, 0.2) is 6.61 Å². The zero-order valence-electron chi connectivity index (χ0n) is 13.1. The SMILES string of the molecule is O=C(COC(=O)/C=C/c1ccccc1[N+](=O)[O-])Nc1ccc(F)c(Cl)c1. The highest BCUT2D eigenvalue weighted by atomic mass is 35.5. The Labute approximate surface area is 152 Å². The predicted molar refractivity (Wildman–Crippen MR) is 93.1 cm³/mol. The number of nitro groups is 1. The minimum absolute atomic E-state index is 0.160. The van der Waals surface area contributed by atoms with E-state index in [4.69, 9.17) is 16.3 Å². The fourth-order valence-corrected chi connectivity index (χ4v) is 2.09. The molecule has 0 aliphatic heterocycles. The predicted octanol–water partition coefficient (Wildman–Crippen LogP) is 3.58. The van der Waals surface area contributed by atoms with Crippen LogP contribution in [0.2, 0.25) is 5.02 Å². The lowest BCUT2D eigenvalue weighted by atomic mass is 10.1. The Kier molecular flexibility index (Phi) is 6.40.